The number of aromatic amines is 1. The highest BCUT2D eigenvalue weighted by atomic mass is 16.4. The summed E-state index contributed by atoms with van der Waals surface area (Å²) in [7, 11) is 1.64. The van der Waals surface area contributed by atoms with Crippen molar-refractivity contribution in [2.75, 3.05) is 13.6 Å². The van der Waals surface area contributed by atoms with Crippen molar-refractivity contribution in [1.29, 1.82) is 0 Å². The Morgan fingerprint density at radius 2 is 1.25 bits per heavy atom. The van der Waals surface area contributed by atoms with Crippen molar-refractivity contribution in [2.45, 2.75) is 82.6 Å². The summed E-state index contributed by atoms with van der Waals surface area (Å²) in [6.45, 7) is 3.81. The molecule has 0 spiro atoms. The van der Waals surface area contributed by atoms with Crippen LogP contribution >= 0.6 is 0 Å². The van der Waals surface area contributed by atoms with E-state index in [-0.39, 0.29) is 31.4 Å². The Hall–Kier alpha value is -5.73. The van der Waals surface area contributed by atoms with Gasteiger partial charge in [-0.2, -0.15) is 0 Å². The molecule has 0 aliphatic carbocycles. The van der Waals surface area contributed by atoms with Crippen molar-refractivity contribution in [2.24, 2.45) is 11.7 Å². The average molecular weight is 756 g/mol. The van der Waals surface area contributed by atoms with Gasteiger partial charge in [-0.25, -0.2) is 4.79 Å². The number of hydrogen-bond acceptors (Lipinski definition) is 8. The molecule has 0 saturated heterocycles. The van der Waals surface area contributed by atoms with Gasteiger partial charge in [-0.15, -0.1) is 0 Å². The van der Waals surface area contributed by atoms with Gasteiger partial charge in [-0.1, -0.05) is 74.5 Å². The lowest BCUT2D eigenvalue weighted by Gasteiger charge is -2.28. The maximum absolute atomic E-state index is 14.2. The fourth-order valence-corrected chi connectivity index (χ4v) is 6.33. The van der Waals surface area contributed by atoms with Crippen molar-refractivity contribution < 1.29 is 34.2 Å². The molecule has 1 heterocycles. The minimum absolute atomic E-state index is 0.0470. The first-order valence-corrected chi connectivity index (χ1v) is 18.6. The van der Waals surface area contributed by atoms with Crippen LogP contribution in [-0.4, -0.2) is 88.6 Å². The third-order valence-corrected chi connectivity index (χ3v) is 9.50. The number of rotatable bonds is 21. The molecule has 14 nitrogen and oxygen atoms in total. The molecule has 4 aromatic rings. The van der Waals surface area contributed by atoms with E-state index in [4.69, 9.17) is 5.73 Å². The van der Waals surface area contributed by atoms with Crippen LogP contribution in [0.5, 0.6) is 5.75 Å². The molecule has 4 rings (SSSR count). The maximum atomic E-state index is 14.2. The summed E-state index contributed by atoms with van der Waals surface area (Å²) in [5.74, 6) is -3.91. The molecule has 0 saturated carbocycles. The summed E-state index contributed by atoms with van der Waals surface area (Å²) in [5, 5.41) is 34.5. The normalized spacial score (nSPS) is 14.0. The van der Waals surface area contributed by atoms with Crippen LogP contribution in [0.25, 0.3) is 10.9 Å². The maximum Gasteiger partial charge on any atom is 0.326 e. The Balaban J connectivity index is 1.55. The zero-order valence-corrected chi connectivity index (χ0v) is 31.5. The molecular weight excluding hydrogens is 702 g/mol. The van der Waals surface area contributed by atoms with E-state index in [1.165, 1.54) is 12.1 Å². The number of carbonyl (C=O) groups excluding carboxylic acids is 4. The summed E-state index contributed by atoms with van der Waals surface area (Å²) >= 11 is 0. The number of carboxylic acid groups (broad SMARTS) is 1. The Morgan fingerprint density at radius 3 is 1.91 bits per heavy atom. The highest BCUT2D eigenvalue weighted by molar-refractivity contribution is 5.96. The number of benzene rings is 3. The van der Waals surface area contributed by atoms with E-state index in [1.54, 1.807) is 63.5 Å². The fraction of sp³-hybridized carbons (Fsp3) is 0.390. The van der Waals surface area contributed by atoms with Crippen molar-refractivity contribution >= 4 is 40.5 Å². The third-order valence-electron chi connectivity index (χ3n) is 9.50. The number of unbranched alkanes of at least 4 members (excludes halogenated alkanes) is 1. The number of para-hydroxylation sites is 1. The molecule has 10 N–H and O–H groups in total. The summed E-state index contributed by atoms with van der Waals surface area (Å²) < 4.78 is 0. The molecule has 3 aromatic carbocycles. The second kappa shape index (κ2) is 20.7. The van der Waals surface area contributed by atoms with Crippen LogP contribution in [0, 0.1) is 5.92 Å². The molecule has 0 fully saturated rings. The molecule has 1 aromatic heterocycles. The first-order chi connectivity index (χ1) is 26.4. The van der Waals surface area contributed by atoms with Gasteiger partial charge in [0.25, 0.3) is 0 Å². The van der Waals surface area contributed by atoms with Crippen LogP contribution in [0.15, 0.2) is 85.1 Å². The Kier molecular flexibility index (Phi) is 15.8. The van der Waals surface area contributed by atoms with Gasteiger partial charge in [-0.05, 0) is 80.1 Å². The highest BCUT2D eigenvalue weighted by Crippen LogP contribution is 2.20. The number of nitrogens with two attached hydrogens (primary N) is 1. The van der Waals surface area contributed by atoms with Gasteiger partial charge in [-0.3, -0.25) is 19.2 Å². The molecule has 14 heteroatoms. The van der Waals surface area contributed by atoms with Crippen LogP contribution in [0.4, 0.5) is 0 Å². The standard InChI is InChI=1S/C41H53N7O7/c1-25(2)36(40(53)47-35(41(54)55)22-26-11-5-4-6-12-26)48-37(50)32(15-9-10-20-42)45-39(52)34(23-28-24-44-31-14-8-7-13-30(28)31)46-38(51)33(43-3)21-27-16-18-29(49)19-17-27/h4-8,11-14,16-19,24-25,32-36,43-44,49H,9-10,15,20-23,42H2,1-3H3,(H,45,52)(H,46,51)(H,47,53)(H,48,50)(H,54,55)/t32-,33-,34+,35-,36-/m0/s1. The quantitative estimate of drug-likeness (QED) is 0.0568. The van der Waals surface area contributed by atoms with E-state index < -0.39 is 65.7 Å². The van der Waals surface area contributed by atoms with E-state index in [0.29, 0.717) is 19.4 Å². The topological polar surface area (TPSA) is 228 Å². The third kappa shape index (κ3) is 12.4. The predicted octanol–water partition coefficient (Wildman–Crippen LogP) is 2.30. The first-order valence-electron chi connectivity index (χ1n) is 18.6. The minimum Gasteiger partial charge on any atom is -0.508 e. The van der Waals surface area contributed by atoms with Crippen molar-refractivity contribution in [3.8, 4) is 5.75 Å². The van der Waals surface area contributed by atoms with Crippen molar-refractivity contribution in [1.82, 2.24) is 31.6 Å². The predicted molar refractivity (Wildman–Crippen MR) is 210 cm³/mol. The number of hydrogen-bond donors (Lipinski definition) is 9. The van der Waals surface area contributed by atoms with Crippen molar-refractivity contribution in [3.63, 3.8) is 0 Å². The van der Waals surface area contributed by atoms with Gasteiger partial charge in [0.05, 0.1) is 6.04 Å². The van der Waals surface area contributed by atoms with Gasteiger partial charge in [0, 0.05) is 29.9 Å². The van der Waals surface area contributed by atoms with Crippen LogP contribution in [0.2, 0.25) is 0 Å². The summed E-state index contributed by atoms with van der Waals surface area (Å²) in [5.41, 5.74) is 8.90. The number of aromatic nitrogens is 1. The van der Waals surface area contributed by atoms with Crippen LogP contribution in [0.3, 0.4) is 0 Å². The summed E-state index contributed by atoms with van der Waals surface area (Å²) in [6, 6.07) is 17.7. The van der Waals surface area contributed by atoms with Gasteiger partial charge < -0.3 is 47.5 Å². The van der Waals surface area contributed by atoms with E-state index in [9.17, 15) is 34.2 Å². The number of H-pyrrole nitrogens is 1. The van der Waals surface area contributed by atoms with E-state index >= 15 is 0 Å². The summed E-state index contributed by atoms with van der Waals surface area (Å²) in [4.78, 5) is 70.7. The monoisotopic (exact) mass is 755 g/mol. The van der Waals surface area contributed by atoms with Crippen LogP contribution < -0.4 is 32.3 Å². The molecule has 0 aliphatic heterocycles. The minimum atomic E-state index is -1.24. The molecular formula is C41H53N7O7. The number of aromatic hydroxyl groups is 1. The highest BCUT2D eigenvalue weighted by Gasteiger charge is 2.33. The lowest BCUT2D eigenvalue weighted by Crippen LogP contribution is -2.60. The SMILES string of the molecule is CN[C@@H](Cc1ccc(O)cc1)C(=O)N[C@H](Cc1c[nH]c2ccccc12)C(=O)N[C@@H](CCCCN)C(=O)N[C@H](C(=O)N[C@@H](Cc1ccccc1)C(=O)O)C(C)C. The van der Waals surface area contributed by atoms with Gasteiger partial charge in [0.1, 0.15) is 29.9 Å². The lowest BCUT2D eigenvalue weighted by molar-refractivity contribution is -0.142. The molecule has 0 bridgehead atoms. The van der Waals surface area contributed by atoms with Gasteiger partial charge in [0.15, 0.2) is 0 Å². The molecule has 55 heavy (non-hydrogen) atoms. The molecule has 294 valence electrons. The smallest absolute Gasteiger partial charge is 0.326 e. The Labute approximate surface area is 321 Å². The van der Waals surface area contributed by atoms with E-state index in [1.807, 2.05) is 30.3 Å². The number of phenols is 1. The molecule has 4 amide bonds. The number of nitrogens with one attached hydrogen (secondary N) is 6. The molecule has 0 radical (unpaired) electrons. The van der Waals surface area contributed by atoms with Gasteiger partial charge >= 0.3 is 5.97 Å². The number of phenolic OH excluding ortho intramolecular Hbond substituents is 1. The average Bonchev–Trinajstić information content (AvgIpc) is 3.58. The number of amides is 4. The first kappa shape index (κ1) is 42.0. The van der Waals surface area contributed by atoms with Crippen LogP contribution in [-0.2, 0) is 43.2 Å². The Bertz CT molecular complexity index is 1880. The second-order valence-corrected chi connectivity index (χ2v) is 14.0. The number of carboxylic acids is 1. The van der Waals surface area contributed by atoms with E-state index in [2.05, 4.69) is 31.6 Å². The molecule has 0 unspecified atom stereocenters. The number of carbonyl (C=O) groups is 5. The van der Waals surface area contributed by atoms with Crippen LogP contribution in [0.1, 0.15) is 49.8 Å². The van der Waals surface area contributed by atoms with Crippen molar-refractivity contribution in [3.05, 3.63) is 102 Å². The second-order valence-electron chi connectivity index (χ2n) is 14.0. The van der Waals surface area contributed by atoms with Gasteiger partial charge in [0.2, 0.25) is 23.6 Å². The number of likely N-dealkylation sites (N-methyl/N-ethyl adjacent to an activating group) is 1. The zero-order valence-electron chi connectivity index (χ0n) is 31.5. The summed E-state index contributed by atoms with van der Waals surface area (Å²) in [6.07, 6.45) is 3.46. The largest absolute Gasteiger partial charge is 0.508 e. The molecule has 5 atom stereocenters. The fourth-order valence-electron chi connectivity index (χ4n) is 6.33. The Morgan fingerprint density at radius 1 is 0.673 bits per heavy atom. The molecule has 0 aliphatic rings. The number of aliphatic carboxylic acids is 1. The lowest BCUT2D eigenvalue weighted by atomic mass is 9.99. The van der Waals surface area contributed by atoms with E-state index in [0.717, 1.165) is 27.6 Å². The number of fused-ring (bicyclic) bond motifs is 1. The zero-order chi connectivity index (χ0) is 39.9.